The zero-order valence-corrected chi connectivity index (χ0v) is 11.0. The van der Waals surface area contributed by atoms with Gasteiger partial charge in [0.25, 0.3) is 0 Å². The molecule has 4 heteroatoms. The molecule has 1 aromatic carbocycles. The Labute approximate surface area is 107 Å². The maximum absolute atomic E-state index is 13.6. The molecule has 0 radical (unpaired) electrons. The summed E-state index contributed by atoms with van der Waals surface area (Å²) >= 11 is 0. The van der Waals surface area contributed by atoms with E-state index in [1.807, 2.05) is 6.07 Å². The van der Waals surface area contributed by atoms with Crippen molar-refractivity contribution in [2.75, 3.05) is 19.8 Å². The first-order valence-corrected chi connectivity index (χ1v) is 6.32. The molecular weight excluding hydrogens is 236 g/mol. The van der Waals surface area contributed by atoms with Crippen LogP contribution in [0.1, 0.15) is 25.8 Å². The SMILES string of the molecule is CC(C)CNCc1cccc(F)c1OCCCF. The lowest BCUT2D eigenvalue weighted by atomic mass is 10.1. The Balaban J connectivity index is 2.61. The lowest BCUT2D eigenvalue weighted by molar-refractivity contribution is 0.274. The van der Waals surface area contributed by atoms with Crippen molar-refractivity contribution < 1.29 is 13.5 Å². The van der Waals surface area contributed by atoms with Crippen LogP contribution in [0, 0.1) is 11.7 Å². The molecule has 0 atom stereocenters. The number of para-hydroxylation sites is 1. The molecule has 0 spiro atoms. The van der Waals surface area contributed by atoms with E-state index in [1.165, 1.54) is 6.07 Å². The number of hydrogen-bond acceptors (Lipinski definition) is 2. The number of nitrogens with one attached hydrogen (secondary N) is 1. The maximum atomic E-state index is 13.6. The van der Waals surface area contributed by atoms with E-state index < -0.39 is 12.5 Å². The molecule has 0 aromatic heterocycles. The van der Waals surface area contributed by atoms with Gasteiger partial charge in [-0.05, 0) is 18.5 Å². The van der Waals surface area contributed by atoms with Crippen LogP contribution in [0.4, 0.5) is 8.78 Å². The predicted octanol–water partition coefficient (Wildman–Crippen LogP) is 3.31. The number of ether oxygens (including phenoxy) is 1. The highest BCUT2D eigenvalue weighted by Crippen LogP contribution is 2.22. The summed E-state index contributed by atoms with van der Waals surface area (Å²) < 4.78 is 30.9. The minimum absolute atomic E-state index is 0.203. The lowest BCUT2D eigenvalue weighted by Gasteiger charge is -2.13. The second-order valence-electron chi connectivity index (χ2n) is 4.64. The molecule has 1 rings (SSSR count). The van der Waals surface area contributed by atoms with Crippen LogP contribution in [0.5, 0.6) is 5.75 Å². The van der Waals surface area contributed by atoms with Crippen molar-refractivity contribution in [3.8, 4) is 5.75 Å². The molecule has 0 saturated carbocycles. The van der Waals surface area contributed by atoms with Crippen LogP contribution in [0.15, 0.2) is 18.2 Å². The second kappa shape index (κ2) is 8.03. The summed E-state index contributed by atoms with van der Waals surface area (Å²) in [5.74, 6) is 0.384. The fourth-order valence-corrected chi connectivity index (χ4v) is 1.58. The van der Waals surface area contributed by atoms with Gasteiger partial charge in [-0.15, -0.1) is 0 Å². The summed E-state index contributed by atoms with van der Waals surface area (Å²) in [4.78, 5) is 0. The highest BCUT2D eigenvalue weighted by molar-refractivity contribution is 5.34. The van der Waals surface area contributed by atoms with Gasteiger partial charge in [0, 0.05) is 18.5 Å². The normalized spacial score (nSPS) is 10.9. The van der Waals surface area contributed by atoms with Crippen molar-refractivity contribution in [3.05, 3.63) is 29.6 Å². The molecule has 0 aliphatic rings. The Morgan fingerprint density at radius 3 is 2.78 bits per heavy atom. The van der Waals surface area contributed by atoms with E-state index in [1.54, 1.807) is 6.07 Å². The van der Waals surface area contributed by atoms with Gasteiger partial charge < -0.3 is 10.1 Å². The summed E-state index contributed by atoms with van der Waals surface area (Å²) in [6.07, 6.45) is 0.285. The Morgan fingerprint density at radius 2 is 2.11 bits per heavy atom. The average molecular weight is 257 g/mol. The van der Waals surface area contributed by atoms with Crippen LogP contribution < -0.4 is 10.1 Å². The first kappa shape index (κ1) is 14.9. The molecule has 0 aliphatic heterocycles. The highest BCUT2D eigenvalue weighted by Gasteiger charge is 2.09. The quantitative estimate of drug-likeness (QED) is 0.721. The Kier molecular flexibility index (Phi) is 6.65. The van der Waals surface area contributed by atoms with Crippen LogP contribution in [-0.4, -0.2) is 19.8 Å². The Bertz CT molecular complexity index is 356. The van der Waals surface area contributed by atoms with E-state index in [0.717, 1.165) is 12.1 Å². The molecule has 0 bridgehead atoms. The van der Waals surface area contributed by atoms with Crippen LogP contribution in [0.3, 0.4) is 0 Å². The first-order chi connectivity index (χ1) is 8.65. The Morgan fingerprint density at radius 1 is 1.33 bits per heavy atom. The van der Waals surface area contributed by atoms with Crippen molar-refractivity contribution in [2.45, 2.75) is 26.8 Å². The van der Waals surface area contributed by atoms with Gasteiger partial charge >= 0.3 is 0 Å². The molecule has 0 aliphatic carbocycles. The molecule has 0 fully saturated rings. The second-order valence-corrected chi connectivity index (χ2v) is 4.64. The third kappa shape index (κ3) is 5.00. The van der Waals surface area contributed by atoms with Gasteiger partial charge in [-0.1, -0.05) is 26.0 Å². The third-order valence-corrected chi connectivity index (χ3v) is 2.44. The van der Waals surface area contributed by atoms with Gasteiger partial charge in [-0.25, -0.2) is 4.39 Å². The van der Waals surface area contributed by atoms with Crippen LogP contribution in [0.25, 0.3) is 0 Å². The van der Waals surface area contributed by atoms with Gasteiger partial charge in [0.05, 0.1) is 13.3 Å². The maximum Gasteiger partial charge on any atom is 0.165 e. The molecular formula is C14H21F2NO. The molecule has 0 unspecified atom stereocenters. The van der Waals surface area contributed by atoms with Crippen LogP contribution in [0.2, 0.25) is 0 Å². The predicted molar refractivity (Wildman–Crippen MR) is 69.0 cm³/mol. The molecule has 0 heterocycles. The van der Waals surface area contributed by atoms with E-state index in [9.17, 15) is 8.78 Å². The summed E-state index contributed by atoms with van der Waals surface area (Å²) in [5.41, 5.74) is 0.773. The van der Waals surface area contributed by atoms with Crippen LogP contribution >= 0.6 is 0 Å². The number of rotatable bonds is 8. The van der Waals surface area contributed by atoms with Gasteiger partial charge in [-0.3, -0.25) is 4.39 Å². The van der Waals surface area contributed by atoms with E-state index in [4.69, 9.17) is 4.74 Å². The lowest BCUT2D eigenvalue weighted by Crippen LogP contribution is -2.19. The number of benzene rings is 1. The van der Waals surface area contributed by atoms with Crippen molar-refractivity contribution >= 4 is 0 Å². The number of alkyl halides is 1. The van der Waals surface area contributed by atoms with Crippen molar-refractivity contribution in [3.63, 3.8) is 0 Å². The fraction of sp³-hybridized carbons (Fsp3) is 0.571. The molecule has 18 heavy (non-hydrogen) atoms. The zero-order valence-electron chi connectivity index (χ0n) is 11.0. The third-order valence-electron chi connectivity index (χ3n) is 2.44. The van der Waals surface area contributed by atoms with Crippen molar-refractivity contribution in [1.29, 1.82) is 0 Å². The minimum Gasteiger partial charge on any atom is -0.490 e. The zero-order chi connectivity index (χ0) is 13.4. The standard InChI is InChI=1S/C14H21F2NO/c1-11(2)9-17-10-12-5-3-6-13(16)14(12)18-8-4-7-15/h3,5-6,11,17H,4,7-10H2,1-2H3. The molecule has 1 aromatic rings. The topological polar surface area (TPSA) is 21.3 Å². The largest absolute Gasteiger partial charge is 0.490 e. The molecule has 0 amide bonds. The Hall–Kier alpha value is -1.16. The number of halogens is 2. The fourth-order valence-electron chi connectivity index (χ4n) is 1.58. The van der Waals surface area contributed by atoms with E-state index >= 15 is 0 Å². The first-order valence-electron chi connectivity index (χ1n) is 6.32. The van der Waals surface area contributed by atoms with Crippen molar-refractivity contribution in [1.82, 2.24) is 5.32 Å². The summed E-state index contributed by atoms with van der Waals surface area (Å²) in [6.45, 7) is 5.39. The van der Waals surface area contributed by atoms with Gasteiger partial charge in [0.2, 0.25) is 0 Å². The summed E-state index contributed by atoms with van der Waals surface area (Å²) in [5, 5.41) is 3.24. The van der Waals surface area contributed by atoms with Crippen LogP contribution in [-0.2, 0) is 6.54 Å². The minimum atomic E-state index is -0.449. The monoisotopic (exact) mass is 257 g/mol. The molecule has 1 N–H and O–H groups in total. The van der Waals surface area contributed by atoms with Gasteiger partial charge in [0.15, 0.2) is 11.6 Å². The molecule has 0 saturated heterocycles. The molecule has 2 nitrogen and oxygen atoms in total. The van der Waals surface area contributed by atoms with E-state index in [2.05, 4.69) is 19.2 Å². The van der Waals surface area contributed by atoms with E-state index in [0.29, 0.717) is 12.5 Å². The molecule has 102 valence electrons. The van der Waals surface area contributed by atoms with E-state index in [-0.39, 0.29) is 18.8 Å². The summed E-state index contributed by atoms with van der Waals surface area (Å²) in [6, 6.07) is 4.83. The average Bonchev–Trinajstić information content (AvgIpc) is 2.32. The number of hydrogen-bond donors (Lipinski definition) is 1. The smallest absolute Gasteiger partial charge is 0.165 e. The summed E-state index contributed by atoms with van der Waals surface area (Å²) in [7, 11) is 0. The van der Waals surface area contributed by atoms with Gasteiger partial charge in [0.1, 0.15) is 0 Å². The highest BCUT2D eigenvalue weighted by atomic mass is 19.1. The van der Waals surface area contributed by atoms with Crippen molar-refractivity contribution in [2.24, 2.45) is 5.92 Å². The van der Waals surface area contributed by atoms with Gasteiger partial charge in [-0.2, -0.15) is 0 Å².